The molecule has 3 rings (SSSR count). The summed E-state index contributed by atoms with van der Waals surface area (Å²) in [7, 11) is 0. The van der Waals surface area contributed by atoms with Gasteiger partial charge >= 0.3 is 0 Å². The van der Waals surface area contributed by atoms with Crippen LogP contribution in [-0.2, 0) is 9.53 Å². The molecule has 0 saturated carbocycles. The third kappa shape index (κ3) is 4.32. The van der Waals surface area contributed by atoms with E-state index in [-0.39, 0.29) is 11.8 Å². The number of rotatable bonds is 4. The van der Waals surface area contributed by atoms with Crippen LogP contribution >= 0.6 is 0 Å². The van der Waals surface area contributed by atoms with E-state index >= 15 is 0 Å². The molecule has 1 atom stereocenters. The number of amides is 1. The maximum Gasteiger partial charge on any atom is 0.223 e. The summed E-state index contributed by atoms with van der Waals surface area (Å²) < 4.78 is 5.46. The lowest BCUT2D eigenvalue weighted by Crippen LogP contribution is -2.46. The number of likely N-dealkylation sites (tertiary alicyclic amines) is 1. The van der Waals surface area contributed by atoms with Crippen LogP contribution in [0.4, 0.5) is 0 Å². The minimum Gasteiger partial charge on any atom is -0.381 e. The maximum atomic E-state index is 12.2. The largest absolute Gasteiger partial charge is 0.381 e. The first-order chi connectivity index (χ1) is 10.8. The Labute approximate surface area is 134 Å². The second-order valence-electron chi connectivity index (χ2n) is 7.05. The minimum atomic E-state index is 0.215. The minimum absolute atomic E-state index is 0.215. The monoisotopic (exact) mass is 306 g/mol. The van der Waals surface area contributed by atoms with Crippen LogP contribution in [-0.4, -0.2) is 49.7 Å². The quantitative estimate of drug-likeness (QED) is 0.811. The van der Waals surface area contributed by atoms with Gasteiger partial charge in [0.05, 0.1) is 0 Å². The summed E-state index contributed by atoms with van der Waals surface area (Å²) in [6.45, 7) is 5.11. The molecule has 0 spiro atoms. The van der Waals surface area contributed by atoms with Crippen LogP contribution in [0.15, 0.2) is 12.2 Å². The van der Waals surface area contributed by atoms with Gasteiger partial charge in [0.1, 0.15) is 0 Å². The fraction of sp³-hybridized carbons (Fsp3) is 0.833. The molecule has 3 aliphatic rings. The van der Waals surface area contributed by atoms with E-state index in [2.05, 4.69) is 22.4 Å². The molecule has 0 aromatic rings. The predicted molar refractivity (Wildman–Crippen MR) is 87.6 cm³/mol. The van der Waals surface area contributed by atoms with Crippen molar-refractivity contribution >= 4 is 5.91 Å². The number of nitrogens with one attached hydrogen (secondary N) is 1. The predicted octanol–water partition coefficient (Wildman–Crippen LogP) is 2.35. The fourth-order valence-corrected chi connectivity index (χ4v) is 3.99. The van der Waals surface area contributed by atoms with Gasteiger partial charge in [0, 0.05) is 31.7 Å². The second-order valence-corrected chi connectivity index (χ2v) is 7.05. The van der Waals surface area contributed by atoms with Gasteiger partial charge in [-0.25, -0.2) is 0 Å². The molecule has 4 heteroatoms. The van der Waals surface area contributed by atoms with Crippen molar-refractivity contribution in [2.45, 2.75) is 51.0 Å². The van der Waals surface area contributed by atoms with Crippen molar-refractivity contribution in [1.29, 1.82) is 0 Å². The summed E-state index contributed by atoms with van der Waals surface area (Å²) in [6, 6.07) is 0.735. The van der Waals surface area contributed by atoms with Gasteiger partial charge in [0.2, 0.25) is 5.91 Å². The van der Waals surface area contributed by atoms with Crippen molar-refractivity contribution in [2.24, 2.45) is 11.8 Å². The first-order valence-electron chi connectivity index (χ1n) is 9.07. The van der Waals surface area contributed by atoms with E-state index in [1.807, 2.05) is 0 Å². The van der Waals surface area contributed by atoms with Crippen LogP contribution in [0.2, 0.25) is 0 Å². The van der Waals surface area contributed by atoms with Gasteiger partial charge in [-0.3, -0.25) is 4.79 Å². The normalized spacial score (nSPS) is 28.6. The molecule has 0 aromatic carbocycles. The second kappa shape index (κ2) is 8.11. The Balaban J connectivity index is 1.35. The lowest BCUT2D eigenvalue weighted by atomic mass is 9.92. The maximum absolute atomic E-state index is 12.2. The third-order valence-corrected chi connectivity index (χ3v) is 5.56. The molecule has 2 fully saturated rings. The molecule has 1 N–H and O–H groups in total. The number of carbonyl (C=O) groups excluding carboxylic acids is 1. The first-order valence-corrected chi connectivity index (χ1v) is 9.07. The Morgan fingerprint density at radius 3 is 2.55 bits per heavy atom. The molecule has 2 saturated heterocycles. The van der Waals surface area contributed by atoms with Crippen LogP contribution in [0.5, 0.6) is 0 Å². The van der Waals surface area contributed by atoms with Crippen molar-refractivity contribution < 1.29 is 9.53 Å². The Morgan fingerprint density at radius 1 is 1.09 bits per heavy atom. The van der Waals surface area contributed by atoms with E-state index in [9.17, 15) is 4.79 Å². The van der Waals surface area contributed by atoms with Crippen LogP contribution < -0.4 is 5.32 Å². The topological polar surface area (TPSA) is 41.6 Å². The zero-order valence-corrected chi connectivity index (χ0v) is 13.6. The van der Waals surface area contributed by atoms with Gasteiger partial charge in [-0.05, 0) is 64.0 Å². The third-order valence-electron chi connectivity index (χ3n) is 5.56. The van der Waals surface area contributed by atoms with E-state index in [0.717, 1.165) is 45.1 Å². The molecule has 4 nitrogen and oxygen atoms in total. The van der Waals surface area contributed by atoms with Gasteiger partial charge in [0.25, 0.3) is 0 Å². The summed E-state index contributed by atoms with van der Waals surface area (Å²) >= 11 is 0. The lowest BCUT2D eigenvalue weighted by molar-refractivity contribution is -0.125. The van der Waals surface area contributed by atoms with Crippen LogP contribution in [0.25, 0.3) is 0 Å². The summed E-state index contributed by atoms with van der Waals surface area (Å²) in [5, 5.41) is 3.21. The fourth-order valence-electron chi connectivity index (χ4n) is 3.99. The van der Waals surface area contributed by atoms with Crippen LogP contribution in [0, 0.1) is 11.8 Å². The van der Waals surface area contributed by atoms with E-state index in [1.165, 1.54) is 38.8 Å². The van der Waals surface area contributed by atoms with Crippen molar-refractivity contribution in [3.63, 3.8) is 0 Å². The average molecular weight is 306 g/mol. The summed E-state index contributed by atoms with van der Waals surface area (Å²) in [5.74, 6) is 1.16. The van der Waals surface area contributed by atoms with Crippen molar-refractivity contribution in [3.8, 4) is 0 Å². The molecule has 22 heavy (non-hydrogen) atoms. The van der Waals surface area contributed by atoms with Gasteiger partial charge in [0.15, 0.2) is 0 Å². The van der Waals surface area contributed by atoms with E-state index < -0.39 is 0 Å². The van der Waals surface area contributed by atoms with Gasteiger partial charge in [-0.2, -0.15) is 0 Å². The van der Waals surface area contributed by atoms with Gasteiger partial charge in [-0.15, -0.1) is 0 Å². The molecule has 0 aromatic heterocycles. The Hall–Kier alpha value is -0.870. The number of ether oxygens (including phenoxy) is 1. The number of allylic oxidation sites excluding steroid dienone is 2. The standard InChI is InChI=1S/C18H30N2O2/c21-18(16-4-2-1-3-5-16)19-14-15-6-10-20(11-7-15)17-8-12-22-13-9-17/h1-2,15-17H,3-14H2,(H,19,21). The molecule has 1 aliphatic carbocycles. The van der Waals surface area contributed by atoms with Crippen LogP contribution in [0.1, 0.15) is 44.9 Å². The average Bonchev–Trinajstić information content (AvgIpc) is 2.61. The Morgan fingerprint density at radius 2 is 1.86 bits per heavy atom. The molecule has 0 bridgehead atoms. The van der Waals surface area contributed by atoms with Crippen LogP contribution in [0.3, 0.4) is 0 Å². The molecule has 2 heterocycles. The van der Waals surface area contributed by atoms with Gasteiger partial charge in [-0.1, -0.05) is 12.2 Å². The SMILES string of the molecule is O=C(NCC1CCN(C2CCOCC2)CC1)C1CC=CCC1. The molecule has 124 valence electrons. The summed E-state index contributed by atoms with van der Waals surface area (Å²) in [4.78, 5) is 14.8. The molecule has 1 unspecified atom stereocenters. The smallest absolute Gasteiger partial charge is 0.223 e. The summed E-state index contributed by atoms with van der Waals surface area (Å²) in [5.41, 5.74) is 0. The highest BCUT2D eigenvalue weighted by Gasteiger charge is 2.27. The molecule has 1 amide bonds. The van der Waals surface area contributed by atoms with Crippen molar-refractivity contribution in [1.82, 2.24) is 10.2 Å². The van der Waals surface area contributed by atoms with E-state index in [0.29, 0.717) is 5.92 Å². The number of nitrogens with zero attached hydrogens (tertiary/aromatic N) is 1. The number of hydrogen-bond donors (Lipinski definition) is 1. The Kier molecular flexibility index (Phi) is 5.90. The lowest BCUT2D eigenvalue weighted by Gasteiger charge is -2.39. The molecule has 0 radical (unpaired) electrons. The van der Waals surface area contributed by atoms with E-state index in [4.69, 9.17) is 4.74 Å². The first kappa shape index (κ1) is 16.0. The number of piperidine rings is 1. The Bertz CT molecular complexity index is 383. The number of hydrogen-bond acceptors (Lipinski definition) is 3. The zero-order valence-electron chi connectivity index (χ0n) is 13.6. The molecule has 2 aliphatic heterocycles. The van der Waals surface area contributed by atoms with Gasteiger partial charge < -0.3 is 15.0 Å². The van der Waals surface area contributed by atoms with E-state index in [1.54, 1.807) is 0 Å². The van der Waals surface area contributed by atoms with Crippen molar-refractivity contribution in [3.05, 3.63) is 12.2 Å². The van der Waals surface area contributed by atoms with Crippen molar-refractivity contribution in [2.75, 3.05) is 32.8 Å². The number of carbonyl (C=O) groups is 1. The molecular weight excluding hydrogens is 276 g/mol. The summed E-state index contributed by atoms with van der Waals surface area (Å²) in [6.07, 6.45) is 12.2. The zero-order chi connectivity index (χ0) is 15.2. The molecular formula is C18H30N2O2. The highest BCUT2D eigenvalue weighted by molar-refractivity contribution is 5.78. The highest BCUT2D eigenvalue weighted by Crippen LogP contribution is 2.23. The highest BCUT2D eigenvalue weighted by atomic mass is 16.5.